The molecular weight excluding hydrogens is 294 g/mol. The van der Waals surface area contributed by atoms with E-state index in [4.69, 9.17) is 0 Å². The summed E-state index contributed by atoms with van der Waals surface area (Å²) in [7, 11) is 0. The summed E-state index contributed by atoms with van der Waals surface area (Å²) in [4.78, 5) is 14.7. The van der Waals surface area contributed by atoms with Crippen LogP contribution in [0.1, 0.15) is 50.7 Å². The van der Waals surface area contributed by atoms with Gasteiger partial charge in [-0.1, -0.05) is 0 Å². The molecule has 23 heavy (non-hydrogen) atoms. The molecule has 1 unspecified atom stereocenters. The van der Waals surface area contributed by atoms with Crippen LogP contribution in [0.15, 0.2) is 18.3 Å². The fraction of sp³-hybridized carbons (Fsp3) is 0.500. The van der Waals surface area contributed by atoms with Crippen LogP contribution in [-0.4, -0.2) is 19.7 Å². The molecule has 7 nitrogen and oxygen atoms in total. The first-order chi connectivity index (χ1) is 10.6. The van der Waals surface area contributed by atoms with E-state index in [0.717, 1.165) is 11.3 Å². The number of rotatable bonds is 4. The van der Waals surface area contributed by atoms with Crippen LogP contribution < -0.4 is 5.32 Å². The van der Waals surface area contributed by atoms with Crippen molar-refractivity contribution in [1.29, 1.82) is 0 Å². The van der Waals surface area contributed by atoms with Crippen LogP contribution in [0.3, 0.4) is 0 Å². The van der Waals surface area contributed by atoms with Gasteiger partial charge in [-0.2, -0.15) is 5.10 Å². The lowest BCUT2D eigenvalue weighted by molar-refractivity contribution is -0.385. The summed E-state index contributed by atoms with van der Waals surface area (Å²) < 4.78 is 1.95. The Hall–Kier alpha value is -2.44. The Morgan fingerprint density at radius 2 is 1.91 bits per heavy atom. The molecule has 2 rings (SSSR count). The molecule has 1 atom stereocenters. The number of aromatic nitrogens is 3. The minimum absolute atomic E-state index is 0.000504. The van der Waals surface area contributed by atoms with E-state index in [2.05, 4.69) is 36.2 Å². The number of nitrogens with zero attached hydrogens (tertiary/aromatic N) is 4. The third kappa shape index (κ3) is 3.67. The van der Waals surface area contributed by atoms with E-state index in [1.807, 2.05) is 24.7 Å². The normalized spacial score (nSPS) is 13.0. The minimum atomic E-state index is -0.424. The molecule has 124 valence electrons. The molecule has 0 amide bonds. The first-order valence-corrected chi connectivity index (χ1v) is 7.55. The Bertz CT molecular complexity index is 731. The monoisotopic (exact) mass is 317 g/mol. The van der Waals surface area contributed by atoms with Gasteiger partial charge in [0.1, 0.15) is 11.5 Å². The lowest BCUT2D eigenvalue weighted by Crippen LogP contribution is -2.22. The van der Waals surface area contributed by atoms with E-state index >= 15 is 0 Å². The molecule has 0 fully saturated rings. The molecule has 0 radical (unpaired) electrons. The maximum Gasteiger partial charge on any atom is 0.290 e. The third-order valence-corrected chi connectivity index (χ3v) is 3.71. The Labute approximate surface area is 135 Å². The summed E-state index contributed by atoms with van der Waals surface area (Å²) in [5.41, 5.74) is 2.39. The van der Waals surface area contributed by atoms with E-state index < -0.39 is 4.92 Å². The molecule has 2 aromatic heterocycles. The molecule has 0 aromatic carbocycles. The smallest absolute Gasteiger partial charge is 0.290 e. The van der Waals surface area contributed by atoms with Gasteiger partial charge in [-0.25, -0.2) is 4.98 Å². The van der Waals surface area contributed by atoms with Crippen molar-refractivity contribution in [2.24, 2.45) is 0 Å². The minimum Gasteiger partial charge on any atom is -0.363 e. The van der Waals surface area contributed by atoms with Crippen LogP contribution in [0.2, 0.25) is 0 Å². The first kappa shape index (κ1) is 16.9. The zero-order chi connectivity index (χ0) is 17.4. The second kappa shape index (κ2) is 5.98. The Morgan fingerprint density at radius 3 is 2.39 bits per heavy atom. The highest BCUT2D eigenvalue weighted by Crippen LogP contribution is 2.25. The zero-order valence-electron chi connectivity index (χ0n) is 14.4. The van der Waals surface area contributed by atoms with Crippen molar-refractivity contribution in [2.45, 2.75) is 53.1 Å². The predicted molar refractivity (Wildman–Crippen MR) is 89.6 cm³/mol. The zero-order valence-corrected chi connectivity index (χ0v) is 14.4. The summed E-state index contributed by atoms with van der Waals surface area (Å²) in [6, 6.07) is 3.10. The summed E-state index contributed by atoms with van der Waals surface area (Å²) in [5.74, 6) is 0.614. The average molecular weight is 317 g/mol. The van der Waals surface area contributed by atoms with Crippen LogP contribution in [0.4, 0.5) is 11.5 Å². The quantitative estimate of drug-likeness (QED) is 0.686. The van der Waals surface area contributed by atoms with Crippen LogP contribution in [-0.2, 0) is 5.54 Å². The van der Waals surface area contributed by atoms with Crippen molar-refractivity contribution >= 4 is 11.5 Å². The van der Waals surface area contributed by atoms with Crippen LogP contribution in [0.25, 0.3) is 0 Å². The second-order valence-corrected chi connectivity index (χ2v) is 6.71. The number of hydrogen-bond acceptors (Lipinski definition) is 5. The van der Waals surface area contributed by atoms with Gasteiger partial charge in [0.05, 0.1) is 22.2 Å². The van der Waals surface area contributed by atoms with E-state index in [1.165, 1.54) is 6.07 Å². The highest BCUT2D eigenvalue weighted by atomic mass is 16.6. The van der Waals surface area contributed by atoms with Gasteiger partial charge in [-0.15, -0.1) is 0 Å². The van der Waals surface area contributed by atoms with Gasteiger partial charge in [0.25, 0.3) is 5.69 Å². The number of hydrogen-bond donors (Lipinski definition) is 1. The molecule has 0 saturated carbocycles. The maximum atomic E-state index is 10.9. The SMILES string of the molecule is Cc1nn(C(C)(C)C)cc1C(C)Nc1ccc([N+](=O)[O-])c(C)n1. The summed E-state index contributed by atoms with van der Waals surface area (Å²) >= 11 is 0. The van der Waals surface area contributed by atoms with Gasteiger partial charge in [0.2, 0.25) is 0 Å². The third-order valence-electron chi connectivity index (χ3n) is 3.71. The molecule has 1 N–H and O–H groups in total. The molecule has 0 aliphatic heterocycles. The highest BCUT2D eigenvalue weighted by Gasteiger charge is 2.20. The number of pyridine rings is 1. The van der Waals surface area contributed by atoms with Crippen molar-refractivity contribution < 1.29 is 4.92 Å². The lowest BCUT2D eigenvalue weighted by Gasteiger charge is -2.19. The van der Waals surface area contributed by atoms with Gasteiger partial charge in [0, 0.05) is 17.8 Å². The molecule has 0 aliphatic rings. The molecule has 2 aromatic rings. The molecule has 0 saturated heterocycles. The van der Waals surface area contributed by atoms with Gasteiger partial charge in [-0.3, -0.25) is 14.8 Å². The van der Waals surface area contributed by atoms with Crippen molar-refractivity contribution in [1.82, 2.24) is 14.8 Å². The number of nitrogens with one attached hydrogen (secondary N) is 1. The van der Waals surface area contributed by atoms with Crippen molar-refractivity contribution in [2.75, 3.05) is 5.32 Å². The van der Waals surface area contributed by atoms with E-state index in [9.17, 15) is 10.1 Å². The first-order valence-electron chi connectivity index (χ1n) is 7.55. The van der Waals surface area contributed by atoms with Gasteiger partial charge < -0.3 is 5.32 Å². The molecule has 0 spiro atoms. The molecule has 7 heteroatoms. The lowest BCUT2D eigenvalue weighted by atomic mass is 10.1. The molecule has 0 aliphatic carbocycles. The fourth-order valence-corrected chi connectivity index (χ4v) is 2.37. The van der Waals surface area contributed by atoms with Gasteiger partial charge in [0.15, 0.2) is 0 Å². The largest absolute Gasteiger partial charge is 0.363 e. The van der Waals surface area contributed by atoms with E-state index in [0.29, 0.717) is 11.5 Å². The number of anilines is 1. The van der Waals surface area contributed by atoms with Crippen molar-refractivity contribution in [3.63, 3.8) is 0 Å². The Morgan fingerprint density at radius 1 is 1.26 bits per heavy atom. The maximum absolute atomic E-state index is 10.9. The van der Waals surface area contributed by atoms with Gasteiger partial charge in [-0.05, 0) is 47.6 Å². The Kier molecular flexibility index (Phi) is 4.40. The fourth-order valence-electron chi connectivity index (χ4n) is 2.37. The van der Waals surface area contributed by atoms with Crippen LogP contribution in [0, 0.1) is 24.0 Å². The van der Waals surface area contributed by atoms with Gasteiger partial charge >= 0.3 is 0 Å². The Balaban J connectivity index is 2.22. The highest BCUT2D eigenvalue weighted by molar-refractivity contribution is 5.46. The average Bonchev–Trinajstić information content (AvgIpc) is 2.80. The second-order valence-electron chi connectivity index (χ2n) is 6.71. The van der Waals surface area contributed by atoms with Crippen molar-refractivity contribution in [3.05, 3.63) is 45.4 Å². The van der Waals surface area contributed by atoms with Crippen LogP contribution in [0.5, 0.6) is 0 Å². The summed E-state index contributed by atoms with van der Waals surface area (Å²) in [6.45, 7) is 11.9. The summed E-state index contributed by atoms with van der Waals surface area (Å²) in [6.07, 6.45) is 2.03. The predicted octanol–water partition coefficient (Wildman–Crippen LogP) is 3.73. The molecule has 2 heterocycles. The van der Waals surface area contributed by atoms with E-state index in [-0.39, 0.29) is 17.3 Å². The number of nitro groups is 1. The number of aryl methyl sites for hydroxylation is 2. The molecule has 0 bridgehead atoms. The molecular formula is C16H23N5O2. The summed E-state index contributed by atoms with van der Waals surface area (Å²) in [5, 5.41) is 18.7. The van der Waals surface area contributed by atoms with E-state index in [1.54, 1.807) is 13.0 Å². The van der Waals surface area contributed by atoms with Crippen molar-refractivity contribution in [3.8, 4) is 0 Å². The topological polar surface area (TPSA) is 85.9 Å². The standard InChI is InChI=1S/C16H23N5O2/c1-10(13-9-20(16(4,5)6)19-11(13)2)17-15-8-7-14(21(22)23)12(3)18-15/h7-10H,1-6H3,(H,17,18). The van der Waals surface area contributed by atoms with Crippen LogP contribution >= 0.6 is 0 Å².